The number of rotatable bonds is 8. The molecule has 0 fully saturated rings. The van der Waals surface area contributed by atoms with Crippen LogP contribution in [-0.4, -0.2) is 42.0 Å². The van der Waals surface area contributed by atoms with Crippen LogP contribution in [0.3, 0.4) is 0 Å². The van der Waals surface area contributed by atoms with Crippen LogP contribution in [0.1, 0.15) is 27.2 Å². The Balaban J connectivity index is 3.87. The number of carboxylic acid groups (broad SMARTS) is 1. The van der Waals surface area contributed by atoms with Crippen molar-refractivity contribution in [1.29, 1.82) is 0 Å². The van der Waals surface area contributed by atoms with Crippen LogP contribution in [0.2, 0.25) is 0 Å². The van der Waals surface area contributed by atoms with Crippen LogP contribution < -0.4 is 16.4 Å². The van der Waals surface area contributed by atoms with Gasteiger partial charge in [-0.15, -0.1) is 0 Å². The Kier molecular flexibility index (Phi) is 7.74. The largest absolute Gasteiger partial charge is 0.481 e. The molecule has 0 aromatic heterocycles. The molecule has 19 heavy (non-hydrogen) atoms. The minimum Gasteiger partial charge on any atom is -0.481 e. The number of nitrogens with one attached hydrogen (secondary N) is 2. The van der Waals surface area contributed by atoms with Gasteiger partial charge in [0.2, 0.25) is 11.8 Å². The topological polar surface area (TPSA) is 122 Å². The number of carbonyl (C=O) groups excluding carboxylic acids is 2. The number of nitrogens with two attached hydrogens (primary N) is 1. The predicted octanol–water partition coefficient (Wildman–Crippen LogP) is -0.687. The fraction of sp³-hybridized carbons (Fsp3) is 0.750. The van der Waals surface area contributed by atoms with Gasteiger partial charge in [0.25, 0.3) is 0 Å². The summed E-state index contributed by atoms with van der Waals surface area (Å²) in [5, 5.41) is 13.5. The molecule has 0 saturated carbocycles. The van der Waals surface area contributed by atoms with Gasteiger partial charge in [-0.2, -0.15) is 0 Å². The molecule has 0 aromatic carbocycles. The molecular weight excluding hydrogens is 250 g/mol. The van der Waals surface area contributed by atoms with E-state index in [1.807, 2.05) is 13.8 Å². The van der Waals surface area contributed by atoms with Gasteiger partial charge in [0, 0.05) is 13.0 Å². The molecule has 110 valence electrons. The second-order valence-corrected chi connectivity index (χ2v) is 4.99. The molecule has 0 aliphatic rings. The molecule has 0 heterocycles. The highest BCUT2D eigenvalue weighted by molar-refractivity contribution is 5.87. The number of hydrogen-bond acceptors (Lipinski definition) is 4. The summed E-state index contributed by atoms with van der Waals surface area (Å²) in [6.45, 7) is 5.47. The summed E-state index contributed by atoms with van der Waals surface area (Å²) in [5.41, 5.74) is 5.61. The van der Waals surface area contributed by atoms with Crippen LogP contribution >= 0.6 is 0 Å². The number of hydrogen-bond donors (Lipinski definition) is 4. The monoisotopic (exact) mass is 273 g/mol. The van der Waals surface area contributed by atoms with Crippen LogP contribution in [0.4, 0.5) is 0 Å². The lowest BCUT2D eigenvalue weighted by molar-refractivity contribution is -0.138. The summed E-state index contributed by atoms with van der Waals surface area (Å²) in [7, 11) is 0. The van der Waals surface area contributed by atoms with E-state index >= 15 is 0 Å². The van der Waals surface area contributed by atoms with Gasteiger partial charge in [0.05, 0.1) is 12.6 Å². The van der Waals surface area contributed by atoms with E-state index in [-0.39, 0.29) is 43.2 Å². The first-order chi connectivity index (χ1) is 8.73. The quantitative estimate of drug-likeness (QED) is 0.466. The molecule has 0 bridgehead atoms. The van der Waals surface area contributed by atoms with Gasteiger partial charge in [-0.1, -0.05) is 20.8 Å². The minimum atomic E-state index is -0.905. The molecule has 0 aromatic rings. The van der Waals surface area contributed by atoms with Crippen molar-refractivity contribution in [1.82, 2.24) is 10.6 Å². The lowest BCUT2D eigenvalue weighted by atomic mass is 10.1. The van der Waals surface area contributed by atoms with Gasteiger partial charge >= 0.3 is 5.97 Å². The molecule has 0 aliphatic carbocycles. The third-order valence-electron chi connectivity index (χ3n) is 2.61. The summed E-state index contributed by atoms with van der Waals surface area (Å²) in [4.78, 5) is 33.3. The van der Waals surface area contributed by atoms with E-state index in [4.69, 9.17) is 10.8 Å². The van der Waals surface area contributed by atoms with Crippen LogP contribution in [0, 0.1) is 11.8 Å². The van der Waals surface area contributed by atoms with Crippen molar-refractivity contribution in [3.63, 3.8) is 0 Å². The smallest absolute Gasteiger partial charge is 0.303 e. The molecular formula is C12H23N3O4. The van der Waals surface area contributed by atoms with Crippen LogP contribution in [0.25, 0.3) is 0 Å². The van der Waals surface area contributed by atoms with E-state index < -0.39 is 12.0 Å². The van der Waals surface area contributed by atoms with Gasteiger partial charge in [0.1, 0.15) is 0 Å². The van der Waals surface area contributed by atoms with Crippen molar-refractivity contribution < 1.29 is 19.5 Å². The fourth-order valence-electron chi connectivity index (χ4n) is 1.31. The third kappa shape index (κ3) is 8.15. The zero-order valence-electron chi connectivity index (χ0n) is 11.6. The standard InChI is InChI=1S/C12H23N3O4/c1-7(2)11(13)12(19)15-6-9(16)14-5-8(3)4-10(17)18/h7-8,11H,4-6,13H2,1-3H3,(H,14,16)(H,15,19)(H,17,18)/t8?,11-/m0/s1. The first kappa shape index (κ1) is 17.4. The molecule has 0 rings (SSSR count). The van der Waals surface area contributed by atoms with Crippen molar-refractivity contribution in [2.45, 2.75) is 33.2 Å². The Hall–Kier alpha value is -1.63. The maximum Gasteiger partial charge on any atom is 0.303 e. The van der Waals surface area contributed by atoms with E-state index in [1.165, 1.54) is 0 Å². The van der Waals surface area contributed by atoms with E-state index in [2.05, 4.69) is 10.6 Å². The molecule has 7 heteroatoms. The van der Waals surface area contributed by atoms with Gasteiger partial charge in [-0.25, -0.2) is 0 Å². The Labute approximate surface area is 112 Å². The van der Waals surface area contributed by atoms with Crippen molar-refractivity contribution in [3.8, 4) is 0 Å². The van der Waals surface area contributed by atoms with Crippen molar-refractivity contribution in [2.24, 2.45) is 17.6 Å². The first-order valence-electron chi connectivity index (χ1n) is 6.25. The second-order valence-electron chi connectivity index (χ2n) is 4.99. The van der Waals surface area contributed by atoms with E-state index in [0.29, 0.717) is 0 Å². The molecule has 5 N–H and O–H groups in total. The van der Waals surface area contributed by atoms with E-state index in [0.717, 1.165) is 0 Å². The summed E-state index contributed by atoms with van der Waals surface area (Å²) in [6.07, 6.45) is -0.00906. The van der Waals surface area contributed by atoms with Crippen LogP contribution in [0.15, 0.2) is 0 Å². The molecule has 0 saturated heterocycles. The number of carboxylic acids is 1. The van der Waals surface area contributed by atoms with Gasteiger partial charge in [0.15, 0.2) is 0 Å². The SMILES string of the molecule is CC(CNC(=O)CNC(=O)[C@@H](N)C(C)C)CC(=O)O. The highest BCUT2D eigenvalue weighted by Gasteiger charge is 2.17. The van der Waals surface area contributed by atoms with Gasteiger partial charge < -0.3 is 21.5 Å². The zero-order chi connectivity index (χ0) is 15.0. The molecule has 0 radical (unpaired) electrons. The molecule has 1 unspecified atom stereocenters. The van der Waals surface area contributed by atoms with Crippen molar-refractivity contribution >= 4 is 17.8 Å². The average Bonchev–Trinajstić information content (AvgIpc) is 2.31. The van der Waals surface area contributed by atoms with Crippen molar-refractivity contribution in [3.05, 3.63) is 0 Å². The highest BCUT2D eigenvalue weighted by atomic mass is 16.4. The Morgan fingerprint density at radius 2 is 1.74 bits per heavy atom. The zero-order valence-corrected chi connectivity index (χ0v) is 11.6. The summed E-state index contributed by atoms with van der Waals surface area (Å²) < 4.78 is 0. The minimum absolute atomic E-state index is 0.00125. The lowest BCUT2D eigenvalue weighted by Crippen LogP contribution is -2.47. The summed E-state index contributed by atoms with van der Waals surface area (Å²) >= 11 is 0. The van der Waals surface area contributed by atoms with Crippen LogP contribution in [-0.2, 0) is 14.4 Å². The fourth-order valence-corrected chi connectivity index (χ4v) is 1.31. The number of carbonyl (C=O) groups is 3. The number of aliphatic carboxylic acids is 1. The normalized spacial score (nSPS) is 13.7. The molecule has 2 atom stereocenters. The summed E-state index contributed by atoms with van der Waals surface area (Å²) in [5.74, 6) is -1.79. The van der Waals surface area contributed by atoms with E-state index in [1.54, 1.807) is 6.92 Å². The maximum absolute atomic E-state index is 11.5. The lowest BCUT2D eigenvalue weighted by Gasteiger charge is -2.15. The molecule has 0 aliphatic heterocycles. The average molecular weight is 273 g/mol. The second kappa shape index (κ2) is 8.47. The van der Waals surface area contributed by atoms with Crippen LogP contribution in [0.5, 0.6) is 0 Å². The van der Waals surface area contributed by atoms with Gasteiger partial charge in [-0.3, -0.25) is 14.4 Å². The van der Waals surface area contributed by atoms with Gasteiger partial charge in [-0.05, 0) is 11.8 Å². The molecule has 7 nitrogen and oxygen atoms in total. The maximum atomic E-state index is 11.5. The molecule has 0 spiro atoms. The Bertz CT molecular complexity index is 331. The number of amides is 2. The first-order valence-corrected chi connectivity index (χ1v) is 6.25. The van der Waals surface area contributed by atoms with Crippen molar-refractivity contribution in [2.75, 3.05) is 13.1 Å². The predicted molar refractivity (Wildman–Crippen MR) is 70.2 cm³/mol. The molecule has 2 amide bonds. The Morgan fingerprint density at radius 3 is 2.21 bits per heavy atom. The Morgan fingerprint density at radius 1 is 1.16 bits per heavy atom. The third-order valence-corrected chi connectivity index (χ3v) is 2.61. The highest BCUT2D eigenvalue weighted by Crippen LogP contribution is 1.99. The van der Waals surface area contributed by atoms with E-state index in [9.17, 15) is 14.4 Å². The summed E-state index contributed by atoms with van der Waals surface area (Å²) in [6, 6.07) is -0.640.